The van der Waals surface area contributed by atoms with E-state index in [1.807, 2.05) is 0 Å². The summed E-state index contributed by atoms with van der Waals surface area (Å²) in [6.45, 7) is 8.95. The number of hydrogen-bond acceptors (Lipinski definition) is 0. The van der Waals surface area contributed by atoms with E-state index in [4.69, 9.17) is 7.57 Å². The molecule has 0 saturated carbocycles. The van der Waals surface area contributed by atoms with Gasteiger partial charge in [-0.2, -0.15) is 7.80 Å². The van der Waals surface area contributed by atoms with Crippen LogP contribution >= 0.6 is 7.80 Å². The molecule has 2 radical (unpaired) electrons. The van der Waals surface area contributed by atoms with Crippen LogP contribution in [0, 0.1) is 11.8 Å². The summed E-state index contributed by atoms with van der Waals surface area (Å²) in [7, 11) is 5.78. The Morgan fingerprint density at radius 2 is 1.30 bits per heavy atom. The minimum atomic E-state index is -0.159. The van der Waals surface area contributed by atoms with E-state index >= 15 is 0 Å². The monoisotopic (exact) mass is 156 g/mol. The lowest BCUT2D eigenvalue weighted by molar-refractivity contribution is 0.723. The molecular weight excluding hydrogens is 138 g/mol. The van der Waals surface area contributed by atoms with Crippen LogP contribution in [0.15, 0.2) is 0 Å². The molecule has 58 valence electrons. The van der Waals surface area contributed by atoms with Crippen LogP contribution in [0.25, 0.3) is 0 Å². The van der Waals surface area contributed by atoms with E-state index in [2.05, 4.69) is 27.7 Å². The van der Waals surface area contributed by atoms with Gasteiger partial charge in [-0.25, -0.2) is 0 Å². The first kappa shape index (κ1) is 10.5. The lowest BCUT2D eigenvalue weighted by atomic mass is 10.3. The van der Waals surface area contributed by atoms with Crippen molar-refractivity contribution in [3.05, 3.63) is 0 Å². The highest BCUT2D eigenvalue weighted by Gasteiger charge is 2.04. The van der Waals surface area contributed by atoms with Gasteiger partial charge in [0.25, 0.3) is 0 Å². The van der Waals surface area contributed by atoms with Crippen molar-refractivity contribution >= 4 is 15.4 Å². The summed E-state index contributed by atoms with van der Waals surface area (Å²) in [5, 5.41) is 0. The van der Waals surface area contributed by atoms with Crippen LogP contribution in [0.4, 0.5) is 0 Å². The zero-order valence-corrected chi connectivity index (χ0v) is 8.49. The van der Waals surface area contributed by atoms with E-state index in [1.165, 1.54) is 12.3 Å². The Morgan fingerprint density at radius 3 is 1.50 bits per heavy atom. The van der Waals surface area contributed by atoms with Crippen molar-refractivity contribution in [3.63, 3.8) is 0 Å². The van der Waals surface area contributed by atoms with E-state index in [0.717, 1.165) is 11.8 Å². The summed E-state index contributed by atoms with van der Waals surface area (Å²) >= 11 is 0. The van der Waals surface area contributed by atoms with Gasteiger partial charge in [0.05, 0.1) is 0 Å². The van der Waals surface area contributed by atoms with Crippen LogP contribution in [-0.2, 0) is 0 Å². The van der Waals surface area contributed by atoms with Crippen molar-refractivity contribution in [1.82, 2.24) is 0 Å². The highest BCUT2D eigenvalue weighted by molar-refractivity contribution is 7.82. The van der Waals surface area contributed by atoms with Crippen LogP contribution in [-0.4, -0.2) is 19.9 Å². The third kappa shape index (κ3) is 6.61. The summed E-state index contributed by atoms with van der Waals surface area (Å²) < 4.78 is 0. The van der Waals surface area contributed by atoms with Crippen LogP contribution in [0.1, 0.15) is 27.7 Å². The molecule has 0 aliphatic rings. The average Bonchev–Trinajstić information content (AvgIpc) is 1.58. The van der Waals surface area contributed by atoms with Gasteiger partial charge in [0.2, 0.25) is 0 Å². The predicted octanol–water partition coefficient (Wildman–Crippen LogP) is 2.86. The SMILES string of the molecule is [B]P(CC(C)C)CC(C)C. The third-order valence-electron chi connectivity index (χ3n) is 1.20. The number of hydrogen-bond donors (Lipinski definition) is 0. The third-order valence-corrected chi connectivity index (χ3v) is 3.60. The molecule has 0 bridgehead atoms. The van der Waals surface area contributed by atoms with Gasteiger partial charge in [-0.05, 0) is 24.2 Å². The minimum absolute atomic E-state index is 0.159. The maximum Gasteiger partial charge on any atom is 0.109 e. The van der Waals surface area contributed by atoms with Gasteiger partial charge in [-0.3, -0.25) is 0 Å². The molecule has 0 unspecified atom stereocenters. The predicted molar refractivity (Wildman–Crippen MR) is 52.1 cm³/mol. The smallest absolute Gasteiger partial charge is 0.109 e. The van der Waals surface area contributed by atoms with Crippen LogP contribution in [0.2, 0.25) is 0 Å². The lowest BCUT2D eigenvalue weighted by Crippen LogP contribution is -2.01. The lowest BCUT2D eigenvalue weighted by Gasteiger charge is -2.16. The van der Waals surface area contributed by atoms with Crippen LogP contribution < -0.4 is 0 Å². The van der Waals surface area contributed by atoms with Gasteiger partial charge in [-0.15, -0.1) is 0 Å². The van der Waals surface area contributed by atoms with Gasteiger partial charge in [0.15, 0.2) is 0 Å². The molecule has 0 aromatic carbocycles. The molecule has 0 rings (SSSR count). The summed E-state index contributed by atoms with van der Waals surface area (Å²) in [4.78, 5) is 0. The average molecular weight is 156 g/mol. The molecule has 0 aliphatic carbocycles. The van der Waals surface area contributed by atoms with E-state index < -0.39 is 0 Å². The van der Waals surface area contributed by atoms with Crippen molar-refractivity contribution in [1.29, 1.82) is 0 Å². The topological polar surface area (TPSA) is 0 Å². The zero-order valence-electron chi connectivity index (χ0n) is 7.59. The van der Waals surface area contributed by atoms with Crippen molar-refractivity contribution in [2.24, 2.45) is 11.8 Å². The Balaban J connectivity index is 3.34. The van der Waals surface area contributed by atoms with E-state index in [0.29, 0.717) is 0 Å². The maximum absolute atomic E-state index is 5.94. The second-order valence-corrected chi connectivity index (χ2v) is 5.65. The Kier molecular flexibility index (Phi) is 5.44. The van der Waals surface area contributed by atoms with E-state index in [-0.39, 0.29) is 7.80 Å². The summed E-state index contributed by atoms with van der Waals surface area (Å²) in [5.41, 5.74) is 0. The molecule has 2 heteroatoms. The Labute approximate surface area is 67.9 Å². The Hall–Kier alpha value is 0.495. The zero-order chi connectivity index (χ0) is 8.15. The minimum Gasteiger partial charge on any atom is -0.157 e. The fourth-order valence-electron chi connectivity index (χ4n) is 1.01. The maximum atomic E-state index is 5.94. The van der Waals surface area contributed by atoms with Gasteiger partial charge >= 0.3 is 0 Å². The summed E-state index contributed by atoms with van der Waals surface area (Å²) in [5.74, 6) is 1.55. The fourth-order valence-corrected chi connectivity index (χ4v) is 3.04. The van der Waals surface area contributed by atoms with Crippen molar-refractivity contribution in [2.75, 3.05) is 12.3 Å². The molecule has 0 N–H and O–H groups in total. The number of rotatable bonds is 4. The molecule has 10 heavy (non-hydrogen) atoms. The highest BCUT2D eigenvalue weighted by Crippen LogP contribution is 2.33. The van der Waals surface area contributed by atoms with Gasteiger partial charge in [0.1, 0.15) is 7.57 Å². The highest BCUT2D eigenvalue weighted by atomic mass is 31.1. The Bertz CT molecular complexity index is 71.3. The van der Waals surface area contributed by atoms with Gasteiger partial charge in [0, 0.05) is 0 Å². The molecule has 0 nitrogen and oxygen atoms in total. The Morgan fingerprint density at radius 1 is 1.00 bits per heavy atom. The van der Waals surface area contributed by atoms with Gasteiger partial charge in [-0.1, -0.05) is 27.7 Å². The van der Waals surface area contributed by atoms with E-state index in [9.17, 15) is 0 Å². The molecule has 0 heterocycles. The first-order valence-corrected chi connectivity index (χ1v) is 5.80. The second kappa shape index (κ2) is 5.19. The van der Waals surface area contributed by atoms with Crippen LogP contribution in [0.3, 0.4) is 0 Å². The van der Waals surface area contributed by atoms with Crippen molar-refractivity contribution in [2.45, 2.75) is 27.7 Å². The summed E-state index contributed by atoms with van der Waals surface area (Å²) in [6, 6.07) is 0. The quantitative estimate of drug-likeness (QED) is 0.433. The molecule has 0 fully saturated rings. The first-order chi connectivity index (χ1) is 4.52. The summed E-state index contributed by atoms with van der Waals surface area (Å²) in [6.07, 6.45) is 2.46. The molecular formula is C8H18BP. The van der Waals surface area contributed by atoms with Crippen LogP contribution in [0.5, 0.6) is 0 Å². The second-order valence-electron chi connectivity index (χ2n) is 3.74. The standard InChI is InChI=1S/C8H18BP/c1-7(2)5-10(9)6-8(3)4/h7-8H,5-6H2,1-4H3. The first-order valence-electron chi connectivity index (χ1n) is 4.02. The molecule has 0 atom stereocenters. The molecule has 0 aromatic heterocycles. The largest absolute Gasteiger partial charge is 0.157 e. The molecule has 0 aromatic rings. The van der Waals surface area contributed by atoms with Crippen molar-refractivity contribution in [3.8, 4) is 0 Å². The normalized spacial score (nSPS) is 11.9. The van der Waals surface area contributed by atoms with E-state index in [1.54, 1.807) is 0 Å². The van der Waals surface area contributed by atoms with Gasteiger partial charge < -0.3 is 0 Å². The molecule has 0 spiro atoms. The fraction of sp³-hybridized carbons (Fsp3) is 1.00. The molecule has 0 saturated heterocycles. The molecule has 0 aliphatic heterocycles. The molecule has 0 amide bonds. The van der Waals surface area contributed by atoms with Crippen molar-refractivity contribution < 1.29 is 0 Å².